The van der Waals surface area contributed by atoms with Crippen molar-refractivity contribution in [3.05, 3.63) is 83.4 Å². The monoisotopic (exact) mass is 396 g/mol. The maximum Gasteiger partial charge on any atom is 0.0766 e. The van der Waals surface area contributed by atoms with Crippen LogP contribution in [0.5, 0.6) is 0 Å². The van der Waals surface area contributed by atoms with E-state index in [0.717, 1.165) is 5.56 Å². The normalized spacial score (nSPS) is 20.6. The first-order valence-corrected chi connectivity index (χ1v) is 11.2. The highest BCUT2D eigenvalue weighted by atomic mass is 14.9. The van der Waals surface area contributed by atoms with E-state index in [4.69, 9.17) is 0 Å². The summed E-state index contributed by atoms with van der Waals surface area (Å²) in [6.45, 7) is 6.26. The molecule has 1 aliphatic rings. The van der Waals surface area contributed by atoms with Gasteiger partial charge in [0.25, 0.3) is 0 Å². The molecule has 4 rings (SSSR count). The van der Waals surface area contributed by atoms with Gasteiger partial charge in [0.05, 0.1) is 11.5 Å². The standard InChI is InChI=1S/C28H32N2/c1-20(26-13-7-9-22-8-4-5-12-27(22)26)30-25-11-6-10-23(18-25)21-14-16-24(17-15-21)28(2,3)19-29/h4-5,7-9,12-17,20,23,25,30H,6,10-11,18H2,1-3H3/t20-,23?,25?/m1/s1. The van der Waals surface area contributed by atoms with E-state index in [-0.39, 0.29) is 0 Å². The Labute approximate surface area is 180 Å². The van der Waals surface area contributed by atoms with Crippen molar-refractivity contribution in [1.82, 2.24) is 5.32 Å². The summed E-state index contributed by atoms with van der Waals surface area (Å²) in [5.41, 5.74) is 3.47. The Morgan fingerprint density at radius 1 is 0.967 bits per heavy atom. The molecule has 3 aromatic rings. The number of hydrogen-bond donors (Lipinski definition) is 1. The van der Waals surface area contributed by atoms with Crippen LogP contribution in [-0.2, 0) is 5.41 Å². The lowest BCUT2D eigenvalue weighted by molar-refractivity contribution is 0.319. The fourth-order valence-electron chi connectivity index (χ4n) is 4.95. The molecule has 2 heteroatoms. The number of hydrogen-bond acceptors (Lipinski definition) is 2. The van der Waals surface area contributed by atoms with Gasteiger partial charge in [-0.15, -0.1) is 0 Å². The predicted molar refractivity (Wildman–Crippen MR) is 126 cm³/mol. The third kappa shape index (κ3) is 4.27. The minimum absolute atomic E-state index is 0.332. The summed E-state index contributed by atoms with van der Waals surface area (Å²) in [4.78, 5) is 0. The van der Waals surface area contributed by atoms with Crippen LogP contribution in [0.4, 0.5) is 0 Å². The van der Waals surface area contributed by atoms with Crippen molar-refractivity contribution < 1.29 is 0 Å². The molecule has 0 bridgehead atoms. The lowest BCUT2D eigenvalue weighted by Gasteiger charge is -2.33. The Balaban J connectivity index is 1.46. The second-order valence-corrected chi connectivity index (χ2v) is 9.38. The molecule has 0 saturated heterocycles. The largest absolute Gasteiger partial charge is 0.307 e. The Hall–Kier alpha value is -2.63. The van der Waals surface area contributed by atoms with Crippen molar-refractivity contribution in [2.75, 3.05) is 0 Å². The van der Waals surface area contributed by atoms with E-state index < -0.39 is 5.41 Å². The SMILES string of the molecule is C[C@@H](NC1CCCC(c2ccc(C(C)(C)C#N)cc2)C1)c1cccc2ccccc12. The van der Waals surface area contributed by atoms with Crippen LogP contribution in [0.15, 0.2) is 66.7 Å². The number of benzene rings is 3. The quantitative estimate of drug-likeness (QED) is 0.503. The third-order valence-electron chi connectivity index (χ3n) is 6.83. The molecule has 1 aliphatic carbocycles. The minimum Gasteiger partial charge on any atom is -0.307 e. The summed E-state index contributed by atoms with van der Waals surface area (Å²) in [5, 5.41) is 16.0. The molecule has 0 radical (unpaired) electrons. The smallest absolute Gasteiger partial charge is 0.0766 e. The van der Waals surface area contributed by atoms with Crippen molar-refractivity contribution in [2.24, 2.45) is 0 Å². The van der Waals surface area contributed by atoms with Crippen LogP contribution < -0.4 is 5.32 Å². The summed E-state index contributed by atoms with van der Waals surface area (Å²) < 4.78 is 0. The van der Waals surface area contributed by atoms with Crippen LogP contribution in [-0.4, -0.2) is 6.04 Å². The number of nitrogens with one attached hydrogen (secondary N) is 1. The molecule has 0 amide bonds. The second kappa shape index (κ2) is 8.62. The van der Waals surface area contributed by atoms with Gasteiger partial charge in [-0.3, -0.25) is 0 Å². The zero-order valence-corrected chi connectivity index (χ0v) is 18.4. The van der Waals surface area contributed by atoms with E-state index in [9.17, 15) is 5.26 Å². The highest BCUT2D eigenvalue weighted by Gasteiger charge is 2.26. The molecular formula is C28H32N2. The van der Waals surface area contributed by atoms with Gasteiger partial charge in [-0.25, -0.2) is 0 Å². The van der Waals surface area contributed by atoms with E-state index in [1.807, 2.05) is 13.8 Å². The van der Waals surface area contributed by atoms with Gasteiger partial charge in [0.1, 0.15) is 0 Å². The molecule has 154 valence electrons. The Bertz CT molecular complexity index is 1040. The van der Waals surface area contributed by atoms with Gasteiger partial charge in [0.15, 0.2) is 0 Å². The summed E-state index contributed by atoms with van der Waals surface area (Å²) in [6, 6.07) is 27.3. The minimum atomic E-state index is -0.428. The molecule has 1 N–H and O–H groups in total. The fraction of sp³-hybridized carbons (Fsp3) is 0.393. The van der Waals surface area contributed by atoms with Crippen LogP contribution in [0.25, 0.3) is 10.8 Å². The Morgan fingerprint density at radius 3 is 2.47 bits per heavy atom. The molecule has 2 nitrogen and oxygen atoms in total. The summed E-state index contributed by atoms with van der Waals surface area (Å²) in [5.74, 6) is 0.593. The average Bonchev–Trinajstić information content (AvgIpc) is 2.79. The molecule has 0 aromatic heterocycles. The van der Waals surface area contributed by atoms with E-state index >= 15 is 0 Å². The molecule has 1 saturated carbocycles. The lowest BCUT2D eigenvalue weighted by Crippen LogP contribution is -2.35. The summed E-state index contributed by atoms with van der Waals surface area (Å²) in [6.07, 6.45) is 4.93. The van der Waals surface area contributed by atoms with Crippen molar-refractivity contribution in [3.8, 4) is 6.07 Å². The zero-order chi connectivity index (χ0) is 21.1. The van der Waals surface area contributed by atoms with E-state index in [2.05, 4.69) is 85.0 Å². The highest BCUT2D eigenvalue weighted by molar-refractivity contribution is 5.86. The molecule has 0 heterocycles. The number of fused-ring (bicyclic) bond motifs is 1. The molecule has 30 heavy (non-hydrogen) atoms. The highest BCUT2D eigenvalue weighted by Crippen LogP contribution is 2.35. The maximum atomic E-state index is 9.39. The second-order valence-electron chi connectivity index (χ2n) is 9.38. The van der Waals surface area contributed by atoms with Gasteiger partial charge in [0.2, 0.25) is 0 Å². The van der Waals surface area contributed by atoms with Crippen molar-refractivity contribution in [2.45, 2.75) is 69.9 Å². The predicted octanol–water partition coefficient (Wildman–Crippen LogP) is 7.02. The average molecular weight is 397 g/mol. The van der Waals surface area contributed by atoms with Gasteiger partial charge in [-0.05, 0) is 73.4 Å². The van der Waals surface area contributed by atoms with Crippen molar-refractivity contribution >= 4 is 10.8 Å². The van der Waals surface area contributed by atoms with Gasteiger partial charge < -0.3 is 5.32 Å². The Morgan fingerprint density at radius 2 is 1.70 bits per heavy atom. The van der Waals surface area contributed by atoms with Crippen LogP contribution in [0.1, 0.15) is 75.1 Å². The first kappa shape index (κ1) is 20.6. The summed E-state index contributed by atoms with van der Waals surface area (Å²) in [7, 11) is 0. The molecule has 3 atom stereocenters. The van der Waals surface area contributed by atoms with Crippen LogP contribution in [0.3, 0.4) is 0 Å². The number of rotatable bonds is 5. The molecule has 0 aliphatic heterocycles. The van der Waals surface area contributed by atoms with Crippen molar-refractivity contribution in [1.29, 1.82) is 5.26 Å². The van der Waals surface area contributed by atoms with E-state index in [1.54, 1.807) is 0 Å². The van der Waals surface area contributed by atoms with Crippen LogP contribution in [0, 0.1) is 11.3 Å². The van der Waals surface area contributed by atoms with Gasteiger partial charge >= 0.3 is 0 Å². The third-order valence-corrected chi connectivity index (χ3v) is 6.83. The fourth-order valence-corrected chi connectivity index (χ4v) is 4.95. The van der Waals surface area contributed by atoms with Crippen LogP contribution in [0.2, 0.25) is 0 Å². The van der Waals surface area contributed by atoms with Crippen molar-refractivity contribution in [3.63, 3.8) is 0 Å². The molecule has 1 fully saturated rings. The summed E-state index contributed by atoms with van der Waals surface area (Å²) >= 11 is 0. The van der Waals surface area contributed by atoms with Gasteiger partial charge in [-0.2, -0.15) is 5.26 Å². The first-order valence-electron chi connectivity index (χ1n) is 11.2. The van der Waals surface area contributed by atoms with Gasteiger partial charge in [-0.1, -0.05) is 73.2 Å². The molecule has 2 unspecified atom stereocenters. The first-order chi connectivity index (χ1) is 14.5. The lowest BCUT2D eigenvalue weighted by atomic mass is 9.79. The number of nitrogens with zero attached hydrogens (tertiary/aromatic N) is 1. The van der Waals surface area contributed by atoms with E-state index in [1.165, 1.54) is 47.6 Å². The van der Waals surface area contributed by atoms with E-state index in [0.29, 0.717) is 18.0 Å². The topological polar surface area (TPSA) is 35.8 Å². The zero-order valence-electron chi connectivity index (χ0n) is 18.4. The van der Waals surface area contributed by atoms with Gasteiger partial charge in [0, 0.05) is 12.1 Å². The number of nitriles is 1. The van der Waals surface area contributed by atoms with Crippen LogP contribution >= 0.6 is 0 Å². The molecule has 0 spiro atoms. The molecular weight excluding hydrogens is 364 g/mol. The maximum absolute atomic E-state index is 9.39. The Kier molecular flexibility index (Phi) is 5.93. The molecule has 3 aromatic carbocycles.